The van der Waals surface area contributed by atoms with Crippen molar-refractivity contribution in [3.05, 3.63) is 70.9 Å². The van der Waals surface area contributed by atoms with Crippen LogP contribution in [0.5, 0.6) is 5.75 Å². The molecule has 1 heterocycles. The van der Waals surface area contributed by atoms with E-state index in [1.807, 2.05) is 19.1 Å². The van der Waals surface area contributed by atoms with Crippen LogP contribution in [0.2, 0.25) is 0 Å². The van der Waals surface area contributed by atoms with Crippen LogP contribution in [0.15, 0.2) is 48.5 Å². The fraction of sp³-hybridized carbons (Fsp3) is 0.217. The Hall–Kier alpha value is -3.14. The van der Waals surface area contributed by atoms with Gasteiger partial charge in [0.1, 0.15) is 11.5 Å². The molecule has 0 saturated heterocycles. The van der Waals surface area contributed by atoms with Gasteiger partial charge in [-0.2, -0.15) is 0 Å². The predicted octanol–water partition coefficient (Wildman–Crippen LogP) is 5.38. The highest BCUT2D eigenvalue weighted by Gasteiger charge is 2.32. The van der Waals surface area contributed by atoms with Gasteiger partial charge in [-0.3, -0.25) is 4.79 Å². The lowest BCUT2D eigenvalue weighted by atomic mass is 10.00. The third-order valence-corrected chi connectivity index (χ3v) is 4.90. The van der Waals surface area contributed by atoms with Crippen LogP contribution in [0.1, 0.15) is 53.9 Å². The monoisotopic (exact) mass is 359 g/mol. The molecular formula is C23H21NO3. The molecule has 0 aliphatic heterocycles. The zero-order valence-corrected chi connectivity index (χ0v) is 15.6. The molecule has 0 radical (unpaired) electrons. The van der Waals surface area contributed by atoms with E-state index in [-0.39, 0.29) is 17.1 Å². The standard InChI is InChI=1S/C23H21NO3/c1-4-27-16-7-8-17-18(12-16)23(26)21(22(17)25)20-10-6-15-11-14(13(2)3)5-9-19(15)24-20/h5-13,25H,4H2,1-3H3. The van der Waals surface area contributed by atoms with Gasteiger partial charge in [-0.1, -0.05) is 26.0 Å². The van der Waals surface area contributed by atoms with Crippen molar-refractivity contribution in [2.45, 2.75) is 26.7 Å². The first-order valence-corrected chi connectivity index (χ1v) is 9.15. The van der Waals surface area contributed by atoms with Gasteiger partial charge >= 0.3 is 0 Å². The molecule has 2 aromatic carbocycles. The number of ketones is 1. The average Bonchev–Trinajstić information content (AvgIpc) is 2.91. The number of aliphatic hydroxyl groups is 1. The number of Topliss-reactive ketones (excluding diaryl/α,β-unsaturated/α-hetero) is 1. The second-order valence-corrected chi connectivity index (χ2v) is 7.00. The molecule has 4 heteroatoms. The topological polar surface area (TPSA) is 59.4 Å². The van der Waals surface area contributed by atoms with Crippen LogP contribution >= 0.6 is 0 Å². The summed E-state index contributed by atoms with van der Waals surface area (Å²) in [7, 11) is 0. The third-order valence-electron chi connectivity index (χ3n) is 4.90. The minimum absolute atomic E-state index is 0.0244. The number of aromatic nitrogens is 1. The second kappa shape index (κ2) is 6.54. The molecule has 27 heavy (non-hydrogen) atoms. The van der Waals surface area contributed by atoms with Crippen LogP contribution in [0.25, 0.3) is 22.2 Å². The maximum Gasteiger partial charge on any atom is 0.199 e. The molecule has 0 fully saturated rings. The Morgan fingerprint density at radius 3 is 2.59 bits per heavy atom. The Kier molecular flexibility index (Phi) is 4.19. The third kappa shape index (κ3) is 2.87. The van der Waals surface area contributed by atoms with Gasteiger partial charge in [0.25, 0.3) is 0 Å². The highest BCUT2D eigenvalue weighted by atomic mass is 16.5. The van der Waals surface area contributed by atoms with E-state index in [1.54, 1.807) is 24.3 Å². The molecule has 1 aliphatic rings. The molecule has 1 N–H and O–H groups in total. The van der Waals surface area contributed by atoms with Crippen molar-refractivity contribution in [3.8, 4) is 5.75 Å². The molecule has 0 unspecified atom stereocenters. The summed E-state index contributed by atoms with van der Waals surface area (Å²) in [5.41, 5.74) is 3.74. The zero-order valence-electron chi connectivity index (χ0n) is 15.6. The van der Waals surface area contributed by atoms with Crippen LogP contribution in [-0.4, -0.2) is 22.5 Å². The van der Waals surface area contributed by atoms with Gasteiger partial charge in [0.15, 0.2) is 5.78 Å². The van der Waals surface area contributed by atoms with Gasteiger partial charge in [-0.25, -0.2) is 4.98 Å². The van der Waals surface area contributed by atoms with Crippen LogP contribution in [-0.2, 0) is 0 Å². The van der Waals surface area contributed by atoms with E-state index in [4.69, 9.17) is 4.74 Å². The number of aliphatic hydroxyl groups excluding tert-OH is 1. The van der Waals surface area contributed by atoms with Gasteiger partial charge in [0.2, 0.25) is 0 Å². The van der Waals surface area contributed by atoms with Crippen LogP contribution in [0, 0.1) is 0 Å². The van der Waals surface area contributed by atoms with Crippen LogP contribution in [0.4, 0.5) is 0 Å². The van der Waals surface area contributed by atoms with E-state index in [2.05, 4.69) is 31.0 Å². The first-order chi connectivity index (χ1) is 13.0. The summed E-state index contributed by atoms with van der Waals surface area (Å²) in [5.74, 6) is 0.802. The van der Waals surface area contributed by atoms with E-state index in [9.17, 15) is 9.90 Å². The number of fused-ring (bicyclic) bond motifs is 2. The number of hydrogen-bond donors (Lipinski definition) is 1. The van der Waals surface area contributed by atoms with Gasteiger partial charge in [0.05, 0.1) is 23.4 Å². The quantitative estimate of drug-likeness (QED) is 0.679. The second-order valence-electron chi connectivity index (χ2n) is 7.00. The lowest BCUT2D eigenvalue weighted by molar-refractivity contribution is 0.105. The number of carbonyl (C=O) groups is 1. The summed E-state index contributed by atoms with van der Waals surface area (Å²) in [6, 6.07) is 15.0. The molecule has 1 aliphatic carbocycles. The Labute approximate surface area is 158 Å². The number of pyridine rings is 1. The van der Waals surface area contributed by atoms with Crippen LogP contribution < -0.4 is 4.74 Å². The van der Waals surface area contributed by atoms with Crippen molar-refractivity contribution in [2.24, 2.45) is 0 Å². The van der Waals surface area contributed by atoms with Crippen molar-refractivity contribution in [1.82, 2.24) is 4.98 Å². The van der Waals surface area contributed by atoms with E-state index >= 15 is 0 Å². The molecule has 0 saturated carbocycles. The number of nitrogens with zero attached hydrogens (tertiary/aromatic N) is 1. The summed E-state index contributed by atoms with van der Waals surface area (Å²) in [6.45, 7) is 6.71. The average molecular weight is 359 g/mol. The first-order valence-electron chi connectivity index (χ1n) is 9.15. The lowest BCUT2D eigenvalue weighted by Gasteiger charge is -2.08. The molecule has 0 bridgehead atoms. The molecular weight excluding hydrogens is 338 g/mol. The number of rotatable bonds is 4. The molecule has 0 atom stereocenters. The highest BCUT2D eigenvalue weighted by Crippen LogP contribution is 2.38. The van der Waals surface area contributed by atoms with Crippen molar-refractivity contribution in [2.75, 3.05) is 6.61 Å². The Morgan fingerprint density at radius 2 is 1.85 bits per heavy atom. The number of allylic oxidation sites excluding steroid dienone is 1. The normalized spacial score (nSPS) is 13.6. The summed E-state index contributed by atoms with van der Waals surface area (Å²) in [6.07, 6.45) is 0. The SMILES string of the molecule is CCOc1ccc2c(c1)C(=O)C(c1ccc3cc(C(C)C)ccc3n1)=C2O. The Morgan fingerprint density at radius 1 is 1.04 bits per heavy atom. The van der Waals surface area contributed by atoms with E-state index in [0.29, 0.717) is 35.1 Å². The van der Waals surface area contributed by atoms with Crippen molar-refractivity contribution in [1.29, 1.82) is 0 Å². The number of ether oxygens (including phenoxy) is 1. The largest absolute Gasteiger partial charge is 0.506 e. The first kappa shape index (κ1) is 17.3. The number of carbonyl (C=O) groups excluding carboxylic acids is 1. The maximum atomic E-state index is 12.9. The number of benzene rings is 2. The molecule has 0 spiro atoms. The molecule has 3 aromatic rings. The number of hydrogen-bond acceptors (Lipinski definition) is 4. The minimum atomic E-state index is -0.227. The fourth-order valence-electron chi connectivity index (χ4n) is 3.43. The summed E-state index contributed by atoms with van der Waals surface area (Å²) < 4.78 is 5.48. The molecule has 4 nitrogen and oxygen atoms in total. The summed E-state index contributed by atoms with van der Waals surface area (Å²) >= 11 is 0. The zero-order chi connectivity index (χ0) is 19.1. The fourth-order valence-corrected chi connectivity index (χ4v) is 3.43. The Bertz CT molecular complexity index is 1100. The predicted molar refractivity (Wildman–Crippen MR) is 107 cm³/mol. The highest BCUT2D eigenvalue weighted by molar-refractivity contribution is 6.38. The van der Waals surface area contributed by atoms with Crippen molar-refractivity contribution in [3.63, 3.8) is 0 Å². The van der Waals surface area contributed by atoms with E-state index in [0.717, 1.165) is 10.9 Å². The molecule has 1 aromatic heterocycles. The lowest BCUT2D eigenvalue weighted by Crippen LogP contribution is -2.01. The van der Waals surface area contributed by atoms with Gasteiger partial charge < -0.3 is 9.84 Å². The maximum absolute atomic E-state index is 12.9. The van der Waals surface area contributed by atoms with Gasteiger partial charge in [-0.15, -0.1) is 0 Å². The van der Waals surface area contributed by atoms with Crippen molar-refractivity contribution >= 4 is 28.0 Å². The molecule has 136 valence electrons. The van der Waals surface area contributed by atoms with Crippen molar-refractivity contribution < 1.29 is 14.6 Å². The summed E-state index contributed by atoms with van der Waals surface area (Å²) in [4.78, 5) is 17.6. The van der Waals surface area contributed by atoms with Gasteiger partial charge in [0, 0.05) is 16.5 Å². The Balaban J connectivity index is 1.77. The molecule has 0 amide bonds. The van der Waals surface area contributed by atoms with Gasteiger partial charge in [-0.05, 0) is 54.8 Å². The molecule has 4 rings (SSSR count). The summed E-state index contributed by atoms with van der Waals surface area (Å²) in [5, 5.41) is 11.7. The minimum Gasteiger partial charge on any atom is -0.506 e. The van der Waals surface area contributed by atoms with Crippen LogP contribution in [0.3, 0.4) is 0 Å². The van der Waals surface area contributed by atoms with E-state index < -0.39 is 0 Å². The smallest absolute Gasteiger partial charge is 0.199 e. The van der Waals surface area contributed by atoms with E-state index in [1.165, 1.54) is 5.56 Å².